The predicted octanol–water partition coefficient (Wildman–Crippen LogP) is 5.50. The van der Waals surface area contributed by atoms with Crippen LogP contribution in [-0.2, 0) is 14.3 Å². The van der Waals surface area contributed by atoms with Crippen molar-refractivity contribution in [2.75, 3.05) is 7.11 Å². The Labute approximate surface area is 236 Å². The summed E-state index contributed by atoms with van der Waals surface area (Å²) >= 11 is 0. The molecule has 6 heteroatoms. The molecule has 5 saturated carbocycles. The summed E-state index contributed by atoms with van der Waals surface area (Å²) in [5, 5.41) is 33.7. The molecule has 5 aliphatic rings. The molecule has 0 heterocycles. The van der Waals surface area contributed by atoms with Crippen molar-refractivity contribution >= 4 is 5.97 Å². The van der Waals surface area contributed by atoms with E-state index < -0.39 is 23.8 Å². The molecule has 5 rings (SSSR count). The minimum atomic E-state index is -1.23. The Balaban J connectivity index is 1.41. The smallest absolute Gasteiger partial charge is 0.303 e. The van der Waals surface area contributed by atoms with Gasteiger partial charge in [-0.25, -0.2) is 0 Å². The molecule has 0 saturated heterocycles. The Morgan fingerprint density at radius 1 is 0.974 bits per heavy atom. The van der Waals surface area contributed by atoms with Gasteiger partial charge in [-0.3, -0.25) is 4.79 Å². The maximum Gasteiger partial charge on any atom is 0.303 e. The second-order valence-corrected chi connectivity index (χ2v) is 16.3. The lowest BCUT2D eigenvalue weighted by atomic mass is 9.41. The summed E-state index contributed by atoms with van der Waals surface area (Å²) < 4.78 is 11.5. The molecule has 3 N–H and O–H groups in total. The topological polar surface area (TPSA) is 96.2 Å². The summed E-state index contributed by atoms with van der Waals surface area (Å²) in [7, 11) is 1.63. The summed E-state index contributed by atoms with van der Waals surface area (Å²) in [6.45, 7) is 16.4. The largest absolute Gasteiger partial charge is 0.457 e. The van der Waals surface area contributed by atoms with Gasteiger partial charge in [0.2, 0.25) is 0 Å². The molecule has 39 heavy (non-hydrogen) atoms. The zero-order chi connectivity index (χ0) is 29.0. The van der Waals surface area contributed by atoms with Crippen LogP contribution in [0.5, 0.6) is 0 Å². The van der Waals surface area contributed by atoms with E-state index in [1.54, 1.807) is 21.0 Å². The van der Waals surface area contributed by atoms with Crippen LogP contribution in [0.25, 0.3) is 0 Å². The van der Waals surface area contributed by atoms with E-state index in [1.165, 1.54) is 19.8 Å². The average molecular weight is 549 g/mol. The van der Waals surface area contributed by atoms with Crippen molar-refractivity contribution in [2.45, 2.75) is 143 Å². The first kappa shape index (κ1) is 29.8. The maximum absolute atomic E-state index is 11.9. The minimum absolute atomic E-state index is 0.00597. The van der Waals surface area contributed by atoms with Crippen molar-refractivity contribution in [3.05, 3.63) is 0 Å². The van der Waals surface area contributed by atoms with Crippen molar-refractivity contribution in [2.24, 2.45) is 50.7 Å². The molecular weight excluding hydrogens is 492 g/mol. The highest BCUT2D eigenvalue weighted by Crippen LogP contribution is 2.89. The third-order valence-corrected chi connectivity index (χ3v) is 14.1. The molecule has 12 atom stereocenters. The monoisotopic (exact) mass is 548 g/mol. The molecule has 0 aromatic rings. The molecule has 0 amide bonds. The number of hydrogen-bond donors (Lipinski definition) is 3. The first-order valence-electron chi connectivity index (χ1n) is 15.7. The molecule has 224 valence electrons. The molecule has 0 radical (unpaired) electrons. The quantitative estimate of drug-likeness (QED) is 0.364. The van der Waals surface area contributed by atoms with E-state index in [4.69, 9.17) is 9.47 Å². The molecular formula is C33H56O6. The van der Waals surface area contributed by atoms with E-state index in [1.807, 2.05) is 0 Å². The van der Waals surface area contributed by atoms with Gasteiger partial charge in [0.25, 0.3) is 0 Å². The standard InChI is InChI=1S/C33H56O6/c1-19(16-22(38-9)27(29(5,6)37)39-20(2)34)21-17-26(36)31(8)24-11-10-23-28(3,4)25(35)12-13-32(23)18-33(24,32)15-14-30(21,31)7/h19,21-27,35-37H,10-18H2,1-9H3/t19-,21?,22?,23+,24?,25?,26+,27?,30?,31-,32?,33?/m1/s1. The Bertz CT molecular complexity index is 972. The molecule has 0 aromatic heterocycles. The Morgan fingerprint density at radius 2 is 1.59 bits per heavy atom. The van der Waals surface area contributed by atoms with Gasteiger partial charge in [0.15, 0.2) is 6.10 Å². The number of ether oxygens (including phenoxy) is 2. The third kappa shape index (κ3) is 3.89. The fourth-order valence-corrected chi connectivity index (χ4v) is 12.0. The molecule has 2 spiro atoms. The number of carbonyl (C=O) groups is 1. The van der Waals surface area contributed by atoms with Crippen LogP contribution in [0.4, 0.5) is 0 Å². The number of methoxy groups -OCH3 is 1. The molecule has 6 nitrogen and oxygen atoms in total. The zero-order valence-electron chi connectivity index (χ0n) is 26.0. The van der Waals surface area contributed by atoms with Crippen LogP contribution in [0.3, 0.4) is 0 Å². The number of aliphatic hydroxyl groups excluding tert-OH is 2. The first-order valence-corrected chi connectivity index (χ1v) is 15.7. The lowest BCUT2D eigenvalue weighted by molar-refractivity contribution is -0.186. The van der Waals surface area contributed by atoms with Gasteiger partial charge in [-0.1, -0.05) is 34.6 Å². The van der Waals surface area contributed by atoms with Crippen molar-refractivity contribution in [1.82, 2.24) is 0 Å². The van der Waals surface area contributed by atoms with Gasteiger partial charge in [0, 0.05) is 19.4 Å². The van der Waals surface area contributed by atoms with E-state index in [0.29, 0.717) is 35.0 Å². The van der Waals surface area contributed by atoms with Crippen LogP contribution in [0, 0.1) is 50.7 Å². The summed E-state index contributed by atoms with van der Waals surface area (Å²) in [6.07, 6.45) is 7.74. The first-order chi connectivity index (χ1) is 17.9. The third-order valence-electron chi connectivity index (χ3n) is 14.1. The summed E-state index contributed by atoms with van der Waals surface area (Å²) in [5.74, 6) is 1.23. The van der Waals surface area contributed by atoms with Crippen molar-refractivity contribution in [3.63, 3.8) is 0 Å². The van der Waals surface area contributed by atoms with E-state index in [9.17, 15) is 20.1 Å². The lowest BCUT2D eigenvalue weighted by Gasteiger charge is -2.63. The van der Waals surface area contributed by atoms with E-state index in [-0.39, 0.29) is 34.4 Å². The normalized spacial score (nSPS) is 48.6. The van der Waals surface area contributed by atoms with Crippen molar-refractivity contribution in [3.8, 4) is 0 Å². The Kier molecular flexibility index (Phi) is 6.99. The number of esters is 1. The molecule has 8 unspecified atom stereocenters. The van der Waals surface area contributed by atoms with Crippen LogP contribution in [0.15, 0.2) is 0 Å². The number of carbonyl (C=O) groups excluding carboxylic acids is 1. The van der Waals surface area contributed by atoms with Crippen molar-refractivity contribution < 1.29 is 29.6 Å². The van der Waals surface area contributed by atoms with E-state index >= 15 is 0 Å². The highest BCUT2D eigenvalue weighted by Gasteiger charge is 2.83. The second-order valence-electron chi connectivity index (χ2n) is 16.3. The fraction of sp³-hybridized carbons (Fsp3) is 0.970. The maximum atomic E-state index is 11.9. The number of fused-ring (bicyclic) bond motifs is 2. The van der Waals surface area contributed by atoms with Crippen LogP contribution in [0.1, 0.15) is 113 Å². The fourth-order valence-electron chi connectivity index (χ4n) is 12.0. The molecule has 5 fully saturated rings. The SMILES string of the molecule is COC(C[C@@H](C)C1C[C@H](O)[C@@]2(C)C3CC[C@H]4C(C)(C)C(O)CCC45CC35CCC12C)C(OC(C)=O)C(C)(C)O. The van der Waals surface area contributed by atoms with Gasteiger partial charge in [-0.05, 0) is 117 Å². The van der Waals surface area contributed by atoms with E-state index in [2.05, 4.69) is 34.6 Å². The van der Waals surface area contributed by atoms with Gasteiger partial charge in [-0.15, -0.1) is 0 Å². The second kappa shape index (κ2) is 9.15. The van der Waals surface area contributed by atoms with Gasteiger partial charge in [0.05, 0.1) is 23.9 Å². The highest BCUT2D eigenvalue weighted by molar-refractivity contribution is 5.66. The van der Waals surface area contributed by atoms with Crippen LogP contribution in [-0.4, -0.2) is 58.4 Å². The number of hydrogen-bond acceptors (Lipinski definition) is 6. The zero-order valence-corrected chi connectivity index (χ0v) is 26.0. The van der Waals surface area contributed by atoms with Crippen molar-refractivity contribution in [1.29, 1.82) is 0 Å². The van der Waals surface area contributed by atoms with Gasteiger partial charge < -0.3 is 24.8 Å². The van der Waals surface area contributed by atoms with E-state index in [0.717, 1.165) is 38.5 Å². The number of rotatable bonds is 7. The lowest BCUT2D eigenvalue weighted by Crippen LogP contribution is -2.59. The summed E-state index contributed by atoms with van der Waals surface area (Å²) in [6, 6.07) is 0. The van der Waals surface area contributed by atoms with Crippen LogP contribution < -0.4 is 0 Å². The molecule has 0 bridgehead atoms. The Morgan fingerprint density at radius 3 is 2.18 bits per heavy atom. The number of aliphatic hydroxyl groups is 3. The van der Waals surface area contributed by atoms with Gasteiger partial charge in [-0.2, -0.15) is 0 Å². The Hall–Kier alpha value is -0.690. The van der Waals surface area contributed by atoms with Gasteiger partial charge in [0.1, 0.15) is 0 Å². The molecule has 0 aromatic carbocycles. The van der Waals surface area contributed by atoms with Gasteiger partial charge >= 0.3 is 5.97 Å². The molecule has 5 aliphatic carbocycles. The summed E-state index contributed by atoms with van der Waals surface area (Å²) in [5.41, 5.74) is -0.737. The predicted molar refractivity (Wildman–Crippen MR) is 151 cm³/mol. The van der Waals surface area contributed by atoms with Crippen LogP contribution >= 0.6 is 0 Å². The van der Waals surface area contributed by atoms with Crippen LogP contribution in [0.2, 0.25) is 0 Å². The summed E-state index contributed by atoms with van der Waals surface area (Å²) in [4.78, 5) is 11.9. The minimum Gasteiger partial charge on any atom is -0.457 e. The average Bonchev–Trinajstić information content (AvgIpc) is 3.46. The molecule has 0 aliphatic heterocycles. The highest BCUT2D eigenvalue weighted by atomic mass is 16.6.